The van der Waals surface area contributed by atoms with Crippen LogP contribution in [0.4, 0.5) is 0 Å². The maximum absolute atomic E-state index is 10.9. The van der Waals surface area contributed by atoms with E-state index in [1.807, 2.05) is 6.92 Å². The van der Waals surface area contributed by atoms with Gasteiger partial charge in [-0.1, -0.05) is 6.92 Å². The third-order valence-corrected chi connectivity index (χ3v) is 2.89. The highest BCUT2D eigenvalue weighted by atomic mass is 16.1. The molecule has 1 heterocycles. The highest BCUT2D eigenvalue weighted by Gasteiger charge is 2.24. The maximum atomic E-state index is 10.9. The summed E-state index contributed by atoms with van der Waals surface area (Å²) in [7, 11) is 0. The lowest BCUT2D eigenvalue weighted by Gasteiger charge is -2.38. The lowest BCUT2D eigenvalue weighted by Crippen LogP contribution is -2.55. The van der Waals surface area contributed by atoms with Crippen LogP contribution in [0.2, 0.25) is 0 Å². The SMILES string of the molecule is CC1CN(CC(C)C(N)=O)C(C)CN1. The van der Waals surface area contributed by atoms with Gasteiger partial charge in [0.25, 0.3) is 0 Å². The summed E-state index contributed by atoms with van der Waals surface area (Å²) in [5.41, 5.74) is 5.25. The first-order valence-electron chi connectivity index (χ1n) is 5.27. The fourth-order valence-electron chi connectivity index (χ4n) is 1.79. The van der Waals surface area contributed by atoms with Crippen LogP contribution in [0.15, 0.2) is 0 Å². The molecule has 4 heteroatoms. The molecule has 3 unspecified atom stereocenters. The van der Waals surface area contributed by atoms with E-state index in [0.29, 0.717) is 12.1 Å². The summed E-state index contributed by atoms with van der Waals surface area (Å²) < 4.78 is 0. The molecule has 0 radical (unpaired) electrons. The van der Waals surface area contributed by atoms with Crippen molar-refractivity contribution in [2.75, 3.05) is 19.6 Å². The van der Waals surface area contributed by atoms with E-state index in [1.165, 1.54) is 0 Å². The Kier molecular flexibility index (Phi) is 3.89. The van der Waals surface area contributed by atoms with Crippen LogP contribution in [0.5, 0.6) is 0 Å². The first-order valence-corrected chi connectivity index (χ1v) is 5.27. The van der Waals surface area contributed by atoms with Crippen LogP contribution >= 0.6 is 0 Å². The number of amides is 1. The number of carbonyl (C=O) groups excluding carboxylic acids is 1. The van der Waals surface area contributed by atoms with E-state index in [1.54, 1.807) is 0 Å². The Labute approximate surface area is 85.8 Å². The van der Waals surface area contributed by atoms with Gasteiger partial charge in [-0.2, -0.15) is 0 Å². The number of hydrogen-bond donors (Lipinski definition) is 2. The summed E-state index contributed by atoms with van der Waals surface area (Å²) in [4.78, 5) is 13.3. The highest BCUT2D eigenvalue weighted by molar-refractivity contribution is 5.76. The molecule has 0 spiro atoms. The second kappa shape index (κ2) is 4.75. The third-order valence-electron chi connectivity index (χ3n) is 2.89. The van der Waals surface area contributed by atoms with Gasteiger partial charge in [-0.05, 0) is 13.8 Å². The van der Waals surface area contributed by atoms with Gasteiger partial charge >= 0.3 is 0 Å². The van der Waals surface area contributed by atoms with Gasteiger partial charge in [-0.15, -0.1) is 0 Å². The number of nitrogens with two attached hydrogens (primary N) is 1. The molecule has 3 atom stereocenters. The smallest absolute Gasteiger partial charge is 0.221 e. The minimum Gasteiger partial charge on any atom is -0.369 e. The molecule has 1 fully saturated rings. The van der Waals surface area contributed by atoms with Gasteiger partial charge in [-0.25, -0.2) is 0 Å². The fourth-order valence-corrected chi connectivity index (χ4v) is 1.79. The Bertz CT molecular complexity index is 208. The monoisotopic (exact) mass is 199 g/mol. The van der Waals surface area contributed by atoms with E-state index in [9.17, 15) is 4.79 Å². The summed E-state index contributed by atoms with van der Waals surface area (Å²) >= 11 is 0. The number of nitrogens with one attached hydrogen (secondary N) is 1. The summed E-state index contributed by atoms with van der Waals surface area (Å²) in [5.74, 6) is -0.258. The molecule has 82 valence electrons. The van der Waals surface area contributed by atoms with E-state index < -0.39 is 0 Å². The van der Waals surface area contributed by atoms with E-state index in [-0.39, 0.29) is 11.8 Å². The Hall–Kier alpha value is -0.610. The summed E-state index contributed by atoms with van der Waals surface area (Å²) in [6.45, 7) is 9.00. The summed E-state index contributed by atoms with van der Waals surface area (Å²) in [5, 5.41) is 3.41. The Morgan fingerprint density at radius 2 is 2.29 bits per heavy atom. The zero-order valence-electron chi connectivity index (χ0n) is 9.29. The Morgan fingerprint density at radius 3 is 2.86 bits per heavy atom. The van der Waals surface area contributed by atoms with Crippen LogP contribution < -0.4 is 11.1 Å². The van der Waals surface area contributed by atoms with Gasteiger partial charge in [-0.3, -0.25) is 9.69 Å². The fraction of sp³-hybridized carbons (Fsp3) is 0.900. The molecule has 0 saturated carbocycles. The van der Waals surface area contributed by atoms with Gasteiger partial charge in [0, 0.05) is 37.6 Å². The third kappa shape index (κ3) is 2.96. The van der Waals surface area contributed by atoms with Crippen molar-refractivity contribution in [1.82, 2.24) is 10.2 Å². The van der Waals surface area contributed by atoms with Crippen LogP contribution in [-0.2, 0) is 4.79 Å². The summed E-state index contributed by atoms with van der Waals surface area (Å²) in [6, 6.07) is 0.999. The Morgan fingerprint density at radius 1 is 1.64 bits per heavy atom. The zero-order chi connectivity index (χ0) is 10.7. The number of carbonyl (C=O) groups is 1. The molecular formula is C10H21N3O. The highest BCUT2D eigenvalue weighted by Crippen LogP contribution is 2.09. The number of primary amides is 1. The van der Waals surface area contributed by atoms with Crippen molar-refractivity contribution < 1.29 is 4.79 Å². The molecule has 0 aromatic heterocycles. The lowest BCUT2D eigenvalue weighted by atomic mass is 10.1. The molecule has 1 saturated heterocycles. The molecule has 4 nitrogen and oxygen atoms in total. The van der Waals surface area contributed by atoms with Crippen molar-refractivity contribution >= 4 is 5.91 Å². The second-order valence-electron chi connectivity index (χ2n) is 4.42. The van der Waals surface area contributed by atoms with Crippen molar-refractivity contribution in [3.63, 3.8) is 0 Å². The van der Waals surface area contributed by atoms with E-state index in [2.05, 4.69) is 24.1 Å². The number of piperazine rings is 1. The molecule has 0 aromatic rings. The number of hydrogen-bond acceptors (Lipinski definition) is 3. The largest absolute Gasteiger partial charge is 0.369 e. The predicted octanol–water partition coefficient (Wildman–Crippen LogP) is -0.210. The molecule has 1 aliphatic rings. The lowest BCUT2D eigenvalue weighted by molar-refractivity contribution is -0.122. The zero-order valence-corrected chi connectivity index (χ0v) is 9.29. The predicted molar refractivity (Wildman–Crippen MR) is 56.9 cm³/mol. The van der Waals surface area contributed by atoms with E-state index >= 15 is 0 Å². The second-order valence-corrected chi connectivity index (χ2v) is 4.42. The topological polar surface area (TPSA) is 58.4 Å². The summed E-state index contributed by atoms with van der Waals surface area (Å²) in [6.07, 6.45) is 0. The van der Waals surface area contributed by atoms with Crippen molar-refractivity contribution in [3.05, 3.63) is 0 Å². The van der Waals surface area contributed by atoms with Gasteiger partial charge in [0.2, 0.25) is 5.91 Å². The Balaban J connectivity index is 2.45. The molecule has 1 aliphatic heterocycles. The number of nitrogens with zero attached hydrogens (tertiary/aromatic N) is 1. The van der Waals surface area contributed by atoms with Crippen molar-refractivity contribution in [3.8, 4) is 0 Å². The van der Waals surface area contributed by atoms with Crippen molar-refractivity contribution in [2.45, 2.75) is 32.9 Å². The van der Waals surface area contributed by atoms with E-state index in [4.69, 9.17) is 5.73 Å². The normalized spacial score (nSPS) is 31.4. The quantitative estimate of drug-likeness (QED) is 0.661. The van der Waals surface area contributed by atoms with Gasteiger partial charge in [0.05, 0.1) is 0 Å². The minimum absolute atomic E-state index is 0.0530. The average Bonchev–Trinajstić information content (AvgIpc) is 2.11. The van der Waals surface area contributed by atoms with Crippen LogP contribution in [0, 0.1) is 5.92 Å². The molecular weight excluding hydrogens is 178 g/mol. The van der Waals surface area contributed by atoms with Crippen LogP contribution in [0.1, 0.15) is 20.8 Å². The standard InChI is InChI=1S/C10H21N3O/c1-7(10(11)14)5-13-6-8(2)12-4-9(13)3/h7-9,12H,4-6H2,1-3H3,(H2,11,14). The minimum atomic E-state index is -0.205. The van der Waals surface area contributed by atoms with Crippen LogP contribution in [-0.4, -0.2) is 42.5 Å². The van der Waals surface area contributed by atoms with Crippen LogP contribution in [0.25, 0.3) is 0 Å². The molecule has 14 heavy (non-hydrogen) atoms. The van der Waals surface area contributed by atoms with Gasteiger partial charge < -0.3 is 11.1 Å². The molecule has 0 aliphatic carbocycles. The molecule has 3 N–H and O–H groups in total. The van der Waals surface area contributed by atoms with Gasteiger partial charge in [0.15, 0.2) is 0 Å². The van der Waals surface area contributed by atoms with Crippen molar-refractivity contribution in [1.29, 1.82) is 0 Å². The van der Waals surface area contributed by atoms with Crippen LogP contribution in [0.3, 0.4) is 0 Å². The average molecular weight is 199 g/mol. The maximum Gasteiger partial charge on any atom is 0.221 e. The first-order chi connectivity index (χ1) is 6.50. The van der Waals surface area contributed by atoms with Crippen molar-refractivity contribution in [2.24, 2.45) is 11.7 Å². The molecule has 0 aromatic carbocycles. The molecule has 0 bridgehead atoms. The van der Waals surface area contributed by atoms with E-state index in [0.717, 1.165) is 19.6 Å². The first kappa shape index (κ1) is 11.5. The van der Waals surface area contributed by atoms with Gasteiger partial charge in [0.1, 0.15) is 0 Å². The molecule has 1 amide bonds. The molecule has 1 rings (SSSR count). The number of rotatable bonds is 3.